The number of hydrogen-bond donors (Lipinski definition) is 1. The van der Waals surface area contributed by atoms with Crippen molar-refractivity contribution in [3.8, 4) is 0 Å². The van der Waals surface area contributed by atoms with Crippen LogP contribution < -0.4 is 5.32 Å². The fraction of sp³-hybridized carbons (Fsp3) is 0.545. The number of nitrogens with zero attached hydrogens (tertiary/aromatic N) is 1. The van der Waals surface area contributed by atoms with Gasteiger partial charge in [0.15, 0.2) is 9.84 Å². The predicted molar refractivity (Wildman–Crippen MR) is 64.2 cm³/mol. The standard InChI is InChI=1S/C11H16N2O2S/c1-9-6-12-4-2-11(9)13-7-10-3-5-16(14,15)8-10/h2,4,6,10H,3,5,7-8H2,1H3,(H,12,13). The van der Waals surface area contributed by atoms with Gasteiger partial charge in [-0.15, -0.1) is 0 Å². The van der Waals surface area contributed by atoms with Crippen molar-refractivity contribution in [2.24, 2.45) is 5.92 Å². The lowest BCUT2D eigenvalue weighted by atomic mass is 10.1. The van der Waals surface area contributed by atoms with E-state index in [9.17, 15) is 8.42 Å². The van der Waals surface area contributed by atoms with Gasteiger partial charge in [0.25, 0.3) is 0 Å². The summed E-state index contributed by atoms with van der Waals surface area (Å²) in [5, 5.41) is 3.29. The maximum absolute atomic E-state index is 11.3. The molecule has 0 aromatic carbocycles. The molecule has 2 rings (SSSR count). The Kier molecular flexibility index (Phi) is 3.14. The minimum atomic E-state index is -2.76. The van der Waals surface area contributed by atoms with E-state index in [1.165, 1.54) is 0 Å². The normalized spacial score (nSPS) is 23.2. The molecule has 4 nitrogen and oxygen atoms in total. The summed E-state index contributed by atoms with van der Waals surface area (Å²) in [6.07, 6.45) is 4.31. The monoisotopic (exact) mass is 240 g/mol. The van der Waals surface area contributed by atoms with Crippen molar-refractivity contribution in [2.45, 2.75) is 13.3 Å². The number of hydrogen-bond acceptors (Lipinski definition) is 4. The Balaban J connectivity index is 1.92. The van der Waals surface area contributed by atoms with Gasteiger partial charge in [-0.2, -0.15) is 0 Å². The molecule has 0 aliphatic carbocycles. The van der Waals surface area contributed by atoms with Crippen molar-refractivity contribution < 1.29 is 8.42 Å². The number of sulfone groups is 1. The molecule has 1 aliphatic rings. The van der Waals surface area contributed by atoms with E-state index < -0.39 is 9.84 Å². The summed E-state index contributed by atoms with van der Waals surface area (Å²) in [7, 11) is -2.76. The highest BCUT2D eigenvalue weighted by molar-refractivity contribution is 7.91. The molecule has 0 radical (unpaired) electrons. The highest BCUT2D eigenvalue weighted by Crippen LogP contribution is 2.20. The first-order chi connectivity index (χ1) is 7.57. The Morgan fingerprint density at radius 1 is 1.56 bits per heavy atom. The lowest BCUT2D eigenvalue weighted by molar-refractivity contribution is 0.596. The van der Waals surface area contributed by atoms with Crippen molar-refractivity contribution in [1.29, 1.82) is 0 Å². The third-order valence-corrected chi connectivity index (χ3v) is 4.77. The van der Waals surface area contributed by atoms with Crippen LogP contribution in [0.4, 0.5) is 5.69 Å². The summed E-state index contributed by atoms with van der Waals surface area (Å²) in [4.78, 5) is 4.01. The molecule has 16 heavy (non-hydrogen) atoms. The van der Waals surface area contributed by atoms with Gasteiger partial charge in [-0.3, -0.25) is 4.98 Å². The van der Waals surface area contributed by atoms with Crippen LogP contribution in [0, 0.1) is 12.8 Å². The smallest absolute Gasteiger partial charge is 0.150 e. The lowest BCUT2D eigenvalue weighted by Gasteiger charge is -2.12. The second-order valence-corrected chi connectivity index (χ2v) is 6.57. The number of nitrogens with one attached hydrogen (secondary N) is 1. The SMILES string of the molecule is Cc1cnccc1NCC1CCS(=O)(=O)C1. The van der Waals surface area contributed by atoms with Gasteiger partial charge in [-0.25, -0.2) is 8.42 Å². The van der Waals surface area contributed by atoms with E-state index in [4.69, 9.17) is 0 Å². The predicted octanol–water partition coefficient (Wildman–Crippen LogP) is 1.24. The number of rotatable bonds is 3. The van der Waals surface area contributed by atoms with Crippen LogP contribution in [-0.4, -0.2) is 31.5 Å². The molecule has 2 heterocycles. The molecule has 1 N–H and O–H groups in total. The number of anilines is 1. The zero-order valence-corrected chi connectivity index (χ0v) is 10.1. The summed E-state index contributed by atoms with van der Waals surface area (Å²) in [5.74, 6) is 0.913. The first-order valence-corrected chi connectivity index (χ1v) is 7.24. The molecule has 1 saturated heterocycles. The fourth-order valence-corrected chi connectivity index (χ4v) is 3.82. The molecule has 1 aromatic rings. The van der Waals surface area contributed by atoms with Gasteiger partial charge >= 0.3 is 0 Å². The van der Waals surface area contributed by atoms with Crippen molar-refractivity contribution in [1.82, 2.24) is 4.98 Å². The van der Waals surface area contributed by atoms with E-state index >= 15 is 0 Å². The second-order valence-electron chi connectivity index (χ2n) is 4.34. The van der Waals surface area contributed by atoms with E-state index in [2.05, 4.69) is 10.3 Å². The fourth-order valence-electron chi connectivity index (χ4n) is 1.96. The van der Waals surface area contributed by atoms with Crippen molar-refractivity contribution in [3.05, 3.63) is 24.0 Å². The minimum absolute atomic E-state index is 0.248. The third-order valence-electron chi connectivity index (χ3n) is 2.93. The Hall–Kier alpha value is -1.10. The van der Waals surface area contributed by atoms with Gasteiger partial charge in [0, 0.05) is 24.6 Å². The van der Waals surface area contributed by atoms with Crippen LogP contribution in [0.2, 0.25) is 0 Å². The molecule has 1 atom stereocenters. The van der Waals surface area contributed by atoms with Crippen LogP contribution in [0.5, 0.6) is 0 Å². The molecule has 1 aliphatic heterocycles. The zero-order chi connectivity index (χ0) is 11.6. The number of pyridine rings is 1. The molecule has 5 heteroatoms. The summed E-state index contributed by atoms with van der Waals surface area (Å²) in [6, 6.07) is 1.92. The van der Waals surface area contributed by atoms with E-state index in [0.29, 0.717) is 11.5 Å². The summed E-state index contributed by atoms with van der Waals surface area (Å²) in [6.45, 7) is 2.71. The molecule has 1 aromatic heterocycles. The molecule has 88 valence electrons. The molecule has 0 amide bonds. The molecule has 0 bridgehead atoms. The molecule has 0 saturated carbocycles. The van der Waals surface area contributed by atoms with Crippen LogP contribution in [0.1, 0.15) is 12.0 Å². The van der Waals surface area contributed by atoms with Gasteiger partial charge in [0.2, 0.25) is 0 Å². The third kappa shape index (κ3) is 2.72. The van der Waals surface area contributed by atoms with Crippen molar-refractivity contribution in [3.63, 3.8) is 0 Å². The van der Waals surface area contributed by atoms with Gasteiger partial charge < -0.3 is 5.32 Å². The summed E-state index contributed by atoms with van der Waals surface area (Å²) < 4.78 is 22.6. The Morgan fingerprint density at radius 2 is 2.38 bits per heavy atom. The molecule has 1 fully saturated rings. The maximum Gasteiger partial charge on any atom is 0.150 e. The summed E-state index contributed by atoms with van der Waals surface area (Å²) >= 11 is 0. The van der Waals surface area contributed by atoms with E-state index in [1.807, 2.05) is 13.0 Å². The lowest BCUT2D eigenvalue weighted by Crippen LogP contribution is -2.16. The average Bonchev–Trinajstić information content (AvgIpc) is 2.57. The van der Waals surface area contributed by atoms with Gasteiger partial charge in [-0.1, -0.05) is 0 Å². The van der Waals surface area contributed by atoms with Crippen molar-refractivity contribution in [2.75, 3.05) is 23.4 Å². The van der Waals surface area contributed by atoms with E-state index in [1.54, 1.807) is 12.4 Å². The Labute approximate surface area is 96.0 Å². The molecule has 1 unspecified atom stereocenters. The average molecular weight is 240 g/mol. The minimum Gasteiger partial charge on any atom is -0.384 e. The van der Waals surface area contributed by atoms with E-state index in [-0.39, 0.29) is 5.92 Å². The zero-order valence-electron chi connectivity index (χ0n) is 9.31. The van der Waals surface area contributed by atoms with Gasteiger partial charge in [0.05, 0.1) is 11.5 Å². The highest BCUT2D eigenvalue weighted by Gasteiger charge is 2.27. The van der Waals surface area contributed by atoms with Crippen LogP contribution >= 0.6 is 0 Å². The topological polar surface area (TPSA) is 59.1 Å². The summed E-state index contributed by atoms with van der Waals surface area (Å²) in [5.41, 5.74) is 2.13. The Morgan fingerprint density at radius 3 is 3.00 bits per heavy atom. The molecular formula is C11H16N2O2S. The second kappa shape index (κ2) is 4.41. The highest BCUT2D eigenvalue weighted by atomic mass is 32.2. The largest absolute Gasteiger partial charge is 0.384 e. The van der Waals surface area contributed by atoms with Crippen LogP contribution in [0.25, 0.3) is 0 Å². The quantitative estimate of drug-likeness (QED) is 0.863. The number of aryl methyl sites for hydroxylation is 1. The Bertz CT molecular complexity index is 471. The first kappa shape index (κ1) is 11.4. The van der Waals surface area contributed by atoms with Crippen LogP contribution in [0.15, 0.2) is 18.5 Å². The van der Waals surface area contributed by atoms with Gasteiger partial charge in [0.1, 0.15) is 0 Å². The van der Waals surface area contributed by atoms with Crippen molar-refractivity contribution >= 4 is 15.5 Å². The number of aromatic nitrogens is 1. The van der Waals surface area contributed by atoms with Gasteiger partial charge in [-0.05, 0) is 30.9 Å². The first-order valence-electron chi connectivity index (χ1n) is 5.42. The van der Waals surface area contributed by atoms with Crippen LogP contribution in [-0.2, 0) is 9.84 Å². The van der Waals surface area contributed by atoms with E-state index in [0.717, 1.165) is 24.2 Å². The molecule has 0 spiro atoms. The molecular weight excluding hydrogens is 224 g/mol. The van der Waals surface area contributed by atoms with Crippen LogP contribution in [0.3, 0.4) is 0 Å². The maximum atomic E-state index is 11.3.